The van der Waals surface area contributed by atoms with E-state index in [1.54, 1.807) is 10.7 Å². The summed E-state index contributed by atoms with van der Waals surface area (Å²) in [6.07, 6.45) is 3.24. The molecular formula is C30H37FN6O3S. The molecule has 2 aromatic carbocycles. The molecule has 3 aromatic rings. The van der Waals surface area contributed by atoms with E-state index >= 15 is 0 Å². The van der Waals surface area contributed by atoms with Gasteiger partial charge in [0.25, 0.3) is 0 Å². The fraction of sp³-hybridized carbons (Fsp3) is 0.467. The molecule has 41 heavy (non-hydrogen) atoms. The average Bonchev–Trinajstić information content (AvgIpc) is 3.18. The van der Waals surface area contributed by atoms with Crippen molar-refractivity contribution in [1.29, 1.82) is 5.26 Å². The summed E-state index contributed by atoms with van der Waals surface area (Å²) in [5, 5.41) is 21.1. The van der Waals surface area contributed by atoms with Crippen molar-refractivity contribution in [2.75, 3.05) is 54.4 Å². The van der Waals surface area contributed by atoms with Gasteiger partial charge in [-0.2, -0.15) is 5.26 Å². The smallest absolute Gasteiger partial charge is 0.153 e. The van der Waals surface area contributed by atoms with Crippen LogP contribution in [0.25, 0.3) is 16.9 Å². The van der Waals surface area contributed by atoms with E-state index in [9.17, 15) is 18.1 Å². The molecule has 0 saturated carbocycles. The van der Waals surface area contributed by atoms with Crippen LogP contribution in [-0.2, 0) is 9.84 Å². The molecule has 1 aromatic heterocycles. The lowest BCUT2D eigenvalue weighted by Crippen LogP contribution is -2.40. The quantitative estimate of drug-likeness (QED) is 0.404. The molecule has 1 atom stereocenters. The number of anilines is 2. The van der Waals surface area contributed by atoms with Crippen LogP contribution in [0.5, 0.6) is 5.75 Å². The fourth-order valence-corrected chi connectivity index (χ4v) is 6.56. The van der Waals surface area contributed by atoms with E-state index in [1.807, 2.05) is 49.1 Å². The van der Waals surface area contributed by atoms with Gasteiger partial charge >= 0.3 is 0 Å². The van der Waals surface area contributed by atoms with Gasteiger partial charge in [-0.1, -0.05) is 6.07 Å². The molecule has 11 heteroatoms. The highest BCUT2D eigenvalue weighted by Gasteiger charge is 2.24. The van der Waals surface area contributed by atoms with Crippen molar-refractivity contribution in [2.24, 2.45) is 5.92 Å². The molecule has 0 radical (unpaired) electrons. The van der Waals surface area contributed by atoms with E-state index in [2.05, 4.69) is 10.6 Å². The Bertz CT molecular complexity index is 1510. The van der Waals surface area contributed by atoms with Gasteiger partial charge in [-0.3, -0.25) is 0 Å². The number of hydrogen-bond acceptors (Lipinski definition) is 8. The van der Waals surface area contributed by atoms with Gasteiger partial charge in [0, 0.05) is 43.0 Å². The number of nitriles is 1. The predicted octanol–water partition coefficient (Wildman–Crippen LogP) is 4.37. The van der Waals surface area contributed by atoms with E-state index < -0.39 is 15.7 Å². The number of hydrogen-bond donors (Lipinski definition) is 2. The molecule has 2 aliphatic rings. The summed E-state index contributed by atoms with van der Waals surface area (Å²) < 4.78 is 46.7. The van der Waals surface area contributed by atoms with E-state index in [-0.39, 0.29) is 23.2 Å². The summed E-state index contributed by atoms with van der Waals surface area (Å²) in [4.78, 5) is 2.05. The SMILES string of the molecule is CC(C)Oc1cc(N2CCS(=O)(=O)CC2)ccc1-n1nc(NC[C@@H]2CCCNCC2)cc1-c1ccc(C#N)c(F)c1. The van der Waals surface area contributed by atoms with Crippen molar-refractivity contribution in [3.63, 3.8) is 0 Å². The molecule has 0 spiro atoms. The Hall–Kier alpha value is -3.62. The maximum absolute atomic E-state index is 14.7. The molecule has 0 aliphatic carbocycles. The van der Waals surface area contributed by atoms with Crippen molar-refractivity contribution >= 4 is 21.3 Å². The first-order valence-corrected chi connectivity index (χ1v) is 16.1. The zero-order valence-corrected chi connectivity index (χ0v) is 24.4. The molecule has 9 nitrogen and oxygen atoms in total. The van der Waals surface area contributed by atoms with Gasteiger partial charge in [-0.05, 0) is 76.4 Å². The van der Waals surface area contributed by atoms with Crippen LogP contribution in [-0.4, -0.2) is 68.5 Å². The number of aromatic nitrogens is 2. The maximum Gasteiger partial charge on any atom is 0.153 e. The maximum atomic E-state index is 14.7. The topological polar surface area (TPSA) is 112 Å². The minimum atomic E-state index is -3.01. The van der Waals surface area contributed by atoms with Crippen LogP contribution in [0.15, 0.2) is 42.5 Å². The Balaban J connectivity index is 1.53. The Labute approximate surface area is 241 Å². The summed E-state index contributed by atoms with van der Waals surface area (Å²) >= 11 is 0. The number of ether oxygens (including phenoxy) is 1. The summed E-state index contributed by atoms with van der Waals surface area (Å²) in [5.41, 5.74) is 2.78. The number of sulfone groups is 1. The molecule has 0 amide bonds. The molecule has 2 N–H and O–H groups in total. The largest absolute Gasteiger partial charge is 0.489 e. The van der Waals surface area contributed by atoms with Crippen molar-refractivity contribution in [3.05, 3.63) is 53.8 Å². The highest BCUT2D eigenvalue weighted by Crippen LogP contribution is 2.35. The Morgan fingerprint density at radius 2 is 1.95 bits per heavy atom. The first-order valence-electron chi connectivity index (χ1n) is 14.2. The second-order valence-corrected chi connectivity index (χ2v) is 13.3. The summed E-state index contributed by atoms with van der Waals surface area (Å²) in [6.45, 7) is 7.56. The van der Waals surface area contributed by atoms with Crippen molar-refractivity contribution < 1.29 is 17.5 Å². The molecule has 5 rings (SSSR count). The Kier molecular flexibility index (Phi) is 8.80. The van der Waals surface area contributed by atoms with E-state index in [4.69, 9.17) is 9.84 Å². The molecule has 2 fully saturated rings. The number of nitrogens with one attached hydrogen (secondary N) is 2. The van der Waals surface area contributed by atoms with Crippen LogP contribution in [0.3, 0.4) is 0 Å². The zero-order chi connectivity index (χ0) is 29.0. The minimum absolute atomic E-state index is 0.0168. The van der Waals surface area contributed by atoms with Crippen LogP contribution in [0.2, 0.25) is 0 Å². The first-order chi connectivity index (χ1) is 19.7. The van der Waals surface area contributed by atoms with E-state index in [0.717, 1.165) is 44.6 Å². The predicted molar refractivity (Wildman–Crippen MR) is 159 cm³/mol. The Morgan fingerprint density at radius 1 is 1.15 bits per heavy atom. The minimum Gasteiger partial charge on any atom is -0.489 e. The van der Waals surface area contributed by atoms with Gasteiger partial charge < -0.3 is 20.3 Å². The van der Waals surface area contributed by atoms with Gasteiger partial charge in [0.05, 0.1) is 28.9 Å². The van der Waals surface area contributed by atoms with Crippen molar-refractivity contribution in [1.82, 2.24) is 15.1 Å². The van der Waals surface area contributed by atoms with Crippen LogP contribution in [0.4, 0.5) is 15.9 Å². The van der Waals surface area contributed by atoms with Crippen LogP contribution in [0.1, 0.15) is 38.7 Å². The standard InChI is InChI=1S/C30H37FN6O3S/c1-21(2)40-29-17-25(36-12-14-41(38,39)15-13-36)7-8-27(29)37-28(23-5-6-24(19-32)26(31)16-23)18-30(35-37)34-20-22-4-3-10-33-11-9-22/h5-8,16-18,21-22,33H,3-4,9-15,20H2,1-2H3,(H,34,35)/t22-/m1/s1. The monoisotopic (exact) mass is 580 g/mol. The second-order valence-electron chi connectivity index (χ2n) is 11.0. The highest BCUT2D eigenvalue weighted by atomic mass is 32.2. The third-order valence-electron chi connectivity index (χ3n) is 7.61. The zero-order valence-electron chi connectivity index (χ0n) is 23.6. The summed E-state index contributed by atoms with van der Waals surface area (Å²) in [7, 11) is -3.01. The highest BCUT2D eigenvalue weighted by molar-refractivity contribution is 7.91. The van der Waals surface area contributed by atoms with Gasteiger partial charge in [-0.25, -0.2) is 17.5 Å². The number of nitrogens with zero attached hydrogens (tertiary/aromatic N) is 4. The van der Waals surface area contributed by atoms with E-state index in [1.165, 1.54) is 12.1 Å². The molecule has 2 saturated heterocycles. The molecule has 2 aliphatic heterocycles. The lowest BCUT2D eigenvalue weighted by Gasteiger charge is -2.29. The lowest BCUT2D eigenvalue weighted by atomic mass is 10.0. The average molecular weight is 581 g/mol. The fourth-order valence-electron chi connectivity index (χ4n) is 5.36. The van der Waals surface area contributed by atoms with Gasteiger partial charge in [0.1, 0.15) is 29.1 Å². The third-order valence-corrected chi connectivity index (χ3v) is 9.21. The van der Waals surface area contributed by atoms with Gasteiger partial charge in [0.2, 0.25) is 0 Å². The Morgan fingerprint density at radius 3 is 2.68 bits per heavy atom. The third kappa shape index (κ3) is 7.00. The molecule has 0 unspecified atom stereocenters. The summed E-state index contributed by atoms with van der Waals surface area (Å²) in [5.74, 6) is 1.43. The van der Waals surface area contributed by atoms with Gasteiger partial charge in [-0.15, -0.1) is 5.10 Å². The second kappa shape index (κ2) is 12.5. The molecular weight excluding hydrogens is 543 g/mol. The number of halogens is 1. The number of rotatable bonds is 8. The van der Waals surface area contributed by atoms with Crippen LogP contribution in [0, 0.1) is 23.1 Å². The van der Waals surface area contributed by atoms with Crippen molar-refractivity contribution in [2.45, 2.75) is 39.2 Å². The van der Waals surface area contributed by atoms with E-state index in [0.29, 0.717) is 47.5 Å². The van der Waals surface area contributed by atoms with Crippen LogP contribution >= 0.6 is 0 Å². The van der Waals surface area contributed by atoms with Crippen molar-refractivity contribution in [3.8, 4) is 28.8 Å². The summed E-state index contributed by atoms with van der Waals surface area (Å²) in [6, 6.07) is 14.1. The molecule has 3 heterocycles. The number of benzene rings is 2. The van der Waals surface area contributed by atoms with Crippen LogP contribution < -0.4 is 20.3 Å². The first kappa shape index (κ1) is 28.9. The normalized spacial score (nSPS) is 19.0. The lowest BCUT2D eigenvalue weighted by molar-refractivity contribution is 0.241. The molecule has 218 valence electrons. The molecule has 0 bridgehead atoms. The van der Waals surface area contributed by atoms with Gasteiger partial charge in [0.15, 0.2) is 9.84 Å².